The van der Waals surface area contributed by atoms with Gasteiger partial charge in [0.2, 0.25) is 0 Å². The molecule has 1 unspecified atom stereocenters. The van der Waals surface area contributed by atoms with Crippen molar-refractivity contribution < 1.29 is 4.74 Å². The van der Waals surface area contributed by atoms with Crippen molar-refractivity contribution in [1.29, 1.82) is 0 Å². The number of hydrogen-bond acceptors (Lipinski definition) is 4. The fourth-order valence-corrected chi connectivity index (χ4v) is 2.72. The van der Waals surface area contributed by atoms with E-state index >= 15 is 0 Å². The minimum absolute atomic E-state index is 0.322. The van der Waals surface area contributed by atoms with Gasteiger partial charge < -0.3 is 15.4 Å². The number of ether oxygens (including phenoxy) is 1. The Morgan fingerprint density at radius 1 is 1.44 bits per heavy atom. The van der Waals surface area contributed by atoms with Crippen LogP contribution in [0.3, 0.4) is 0 Å². The molecule has 1 aromatic heterocycles. The maximum absolute atomic E-state index is 6.20. The van der Waals surface area contributed by atoms with Crippen LogP contribution in [0.5, 0.6) is 0 Å². The van der Waals surface area contributed by atoms with Crippen LogP contribution in [0.4, 0.5) is 11.5 Å². The summed E-state index contributed by atoms with van der Waals surface area (Å²) < 4.78 is 7.64. The van der Waals surface area contributed by atoms with E-state index in [4.69, 9.17) is 10.5 Å². The fraction of sp³-hybridized carbons (Fsp3) is 0.769. The molecule has 1 aromatic rings. The highest BCUT2D eigenvalue weighted by Gasteiger charge is 2.25. The smallest absolute Gasteiger partial charge is 0.150 e. The maximum Gasteiger partial charge on any atom is 0.150 e. The molecule has 2 heterocycles. The Balaban J connectivity index is 2.18. The van der Waals surface area contributed by atoms with Crippen molar-refractivity contribution in [2.24, 2.45) is 7.05 Å². The molecule has 0 amide bonds. The second kappa shape index (κ2) is 5.61. The molecule has 5 heteroatoms. The van der Waals surface area contributed by atoms with Gasteiger partial charge in [0.25, 0.3) is 0 Å². The van der Waals surface area contributed by atoms with Gasteiger partial charge in [-0.05, 0) is 26.2 Å². The Labute approximate surface area is 109 Å². The highest BCUT2D eigenvalue weighted by molar-refractivity contribution is 5.66. The highest BCUT2D eigenvalue weighted by Crippen LogP contribution is 2.29. The van der Waals surface area contributed by atoms with Gasteiger partial charge in [-0.2, -0.15) is 5.10 Å². The van der Waals surface area contributed by atoms with Gasteiger partial charge in [-0.15, -0.1) is 0 Å². The molecule has 0 aliphatic carbocycles. The molecule has 1 aliphatic rings. The predicted octanol–water partition coefficient (Wildman–Crippen LogP) is 1.57. The SMILES string of the molecule is CCOC1CCCN(c2c(N)c(CC)nn2C)C1. The average Bonchev–Trinajstić information content (AvgIpc) is 2.65. The molecule has 1 atom stereocenters. The molecule has 5 nitrogen and oxygen atoms in total. The summed E-state index contributed by atoms with van der Waals surface area (Å²) in [6.45, 7) is 6.87. The lowest BCUT2D eigenvalue weighted by molar-refractivity contribution is 0.0524. The number of aryl methyl sites for hydroxylation is 2. The lowest BCUT2D eigenvalue weighted by Crippen LogP contribution is -2.41. The van der Waals surface area contributed by atoms with Gasteiger partial charge in [-0.25, -0.2) is 0 Å². The van der Waals surface area contributed by atoms with E-state index in [-0.39, 0.29) is 0 Å². The summed E-state index contributed by atoms with van der Waals surface area (Å²) in [5.74, 6) is 1.05. The van der Waals surface area contributed by atoms with E-state index in [9.17, 15) is 0 Å². The summed E-state index contributed by atoms with van der Waals surface area (Å²) in [6, 6.07) is 0. The van der Waals surface area contributed by atoms with Crippen LogP contribution in [-0.2, 0) is 18.2 Å². The lowest BCUT2D eigenvalue weighted by atomic mass is 10.1. The first-order valence-corrected chi connectivity index (χ1v) is 6.85. The number of nitrogen functional groups attached to an aromatic ring is 1. The normalized spacial score (nSPS) is 20.4. The third-order valence-corrected chi connectivity index (χ3v) is 3.54. The van der Waals surface area contributed by atoms with E-state index in [0.717, 1.165) is 56.2 Å². The minimum Gasteiger partial charge on any atom is -0.394 e. The Morgan fingerprint density at radius 3 is 2.83 bits per heavy atom. The van der Waals surface area contributed by atoms with Crippen LogP contribution in [-0.4, -0.2) is 35.6 Å². The molecule has 18 heavy (non-hydrogen) atoms. The van der Waals surface area contributed by atoms with Gasteiger partial charge in [0, 0.05) is 26.7 Å². The molecule has 0 radical (unpaired) electrons. The highest BCUT2D eigenvalue weighted by atomic mass is 16.5. The zero-order chi connectivity index (χ0) is 13.1. The van der Waals surface area contributed by atoms with Crippen LogP contribution in [0.15, 0.2) is 0 Å². The minimum atomic E-state index is 0.322. The molecule has 0 aromatic carbocycles. The van der Waals surface area contributed by atoms with Gasteiger partial charge in [0.15, 0.2) is 0 Å². The van der Waals surface area contributed by atoms with Crippen molar-refractivity contribution >= 4 is 11.5 Å². The number of aromatic nitrogens is 2. The quantitative estimate of drug-likeness (QED) is 0.883. The number of nitrogens with two attached hydrogens (primary N) is 1. The van der Waals surface area contributed by atoms with Crippen molar-refractivity contribution in [3.8, 4) is 0 Å². The maximum atomic E-state index is 6.20. The molecule has 1 aliphatic heterocycles. The van der Waals surface area contributed by atoms with Crippen LogP contribution in [0.1, 0.15) is 32.4 Å². The molecule has 2 N–H and O–H groups in total. The van der Waals surface area contributed by atoms with Gasteiger partial charge in [-0.3, -0.25) is 4.68 Å². The zero-order valence-electron chi connectivity index (χ0n) is 11.6. The van der Waals surface area contributed by atoms with Gasteiger partial charge in [-0.1, -0.05) is 6.92 Å². The third-order valence-electron chi connectivity index (χ3n) is 3.54. The van der Waals surface area contributed by atoms with E-state index in [1.54, 1.807) is 0 Å². The van der Waals surface area contributed by atoms with Gasteiger partial charge in [0.05, 0.1) is 17.5 Å². The summed E-state index contributed by atoms with van der Waals surface area (Å²) in [4.78, 5) is 2.31. The molecule has 1 fully saturated rings. The van der Waals surface area contributed by atoms with Gasteiger partial charge >= 0.3 is 0 Å². The van der Waals surface area contributed by atoms with Crippen LogP contribution in [0.25, 0.3) is 0 Å². The summed E-state index contributed by atoms with van der Waals surface area (Å²) in [6.07, 6.45) is 3.49. The number of piperidine rings is 1. The molecular weight excluding hydrogens is 228 g/mol. The van der Waals surface area contributed by atoms with Crippen LogP contribution < -0.4 is 10.6 Å². The number of nitrogens with zero attached hydrogens (tertiary/aromatic N) is 3. The Hall–Kier alpha value is -1.23. The topological polar surface area (TPSA) is 56.3 Å². The first kappa shape index (κ1) is 13.2. The van der Waals surface area contributed by atoms with Crippen molar-refractivity contribution in [1.82, 2.24) is 9.78 Å². The van der Waals surface area contributed by atoms with Crippen LogP contribution in [0, 0.1) is 0 Å². The van der Waals surface area contributed by atoms with Crippen molar-refractivity contribution in [2.45, 2.75) is 39.2 Å². The van der Waals surface area contributed by atoms with Crippen molar-refractivity contribution in [3.05, 3.63) is 5.69 Å². The largest absolute Gasteiger partial charge is 0.394 e. The summed E-state index contributed by atoms with van der Waals surface area (Å²) in [5.41, 5.74) is 8.02. The summed E-state index contributed by atoms with van der Waals surface area (Å²) in [7, 11) is 1.97. The van der Waals surface area contributed by atoms with E-state index < -0.39 is 0 Å². The third kappa shape index (κ3) is 2.46. The van der Waals surface area contributed by atoms with Gasteiger partial charge in [0.1, 0.15) is 5.82 Å². The van der Waals surface area contributed by atoms with Crippen molar-refractivity contribution in [2.75, 3.05) is 30.3 Å². The molecule has 1 saturated heterocycles. The lowest BCUT2D eigenvalue weighted by Gasteiger charge is -2.34. The average molecular weight is 252 g/mol. The second-order valence-corrected chi connectivity index (χ2v) is 4.83. The van der Waals surface area contributed by atoms with E-state index in [1.807, 2.05) is 18.7 Å². The number of anilines is 2. The fourth-order valence-electron chi connectivity index (χ4n) is 2.72. The molecule has 0 bridgehead atoms. The van der Waals surface area contributed by atoms with E-state index in [1.165, 1.54) is 0 Å². The molecular formula is C13H24N4O. The van der Waals surface area contributed by atoms with Crippen LogP contribution in [0.2, 0.25) is 0 Å². The predicted molar refractivity (Wildman–Crippen MR) is 73.9 cm³/mol. The first-order valence-electron chi connectivity index (χ1n) is 6.85. The van der Waals surface area contributed by atoms with Crippen molar-refractivity contribution in [3.63, 3.8) is 0 Å². The molecule has 102 valence electrons. The number of rotatable bonds is 4. The Kier molecular flexibility index (Phi) is 4.11. The van der Waals surface area contributed by atoms with E-state index in [0.29, 0.717) is 6.10 Å². The molecule has 2 rings (SSSR count). The zero-order valence-corrected chi connectivity index (χ0v) is 11.6. The monoisotopic (exact) mass is 252 g/mol. The second-order valence-electron chi connectivity index (χ2n) is 4.83. The Bertz CT molecular complexity index is 400. The molecule has 0 spiro atoms. The van der Waals surface area contributed by atoms with Crippen LogP contribution >= 0.6 is 0 Å². The van der Waals surface area contributed by atoms with E-state index in [2.05, 4.69) is 16.9 Å². The molecule has 0 saturated carbocycles. The number of hydrogen-bond donors (Lipinski definition) is 1. The first-order chi connectivity index (χ1) is 8.67. The standard InChI is InChI=1S/C13H24N4O/c1-4-11-12(14)13(16(3)15-11)17-8-6-7-10(9-17)18-5-2/h10H,4-9,14H2,1-3H3. The summed E-state index contributed by atoms with van der Waals surface area (Å²) >= 11 is 0. The summed E-state index contributed by atoms with van der Waals surface area (Å²) in [5, 5.41) is 4.48. The Morgan fingerprint density at radius 2 is 2.22 bits per heavy atom.